The molecule has 2 N–H and O–H groups in total. The predicted molar refractivity (Wildman–Crippen MR) is 195 cm³/mol. The lowest BCUT2D eigenvalue weighted by Crippen LogP contribution is -2.39. The average Bonchev–Trinajstić information content (AvgIpc) is 3.52. The van der Waals surface area contributed by atoms with E-state index in [1.54, 1.807) is 0 Å². The summed E-state index contributed by atoms with van der Waals surface area (Å²) in [6, 6.07) is 33.6. The molecule has 0 bridgehead atoms. The molecule has 0 spiro atoms. The normalized spacial score (nSPS) is 13.2. The summed E-state index contributed by atoms with van der Waals surface area (Å²) in [5.41, 5.74) is 8.15. The highest BCUT2D eigenvalue weighted by Crippen LogP contribution is 2.48. The molecule has 0 saturated carbocycles. The van der Waals surface area contributed by atoms with Gasteiger partial charge >= 0.3 is 6.18 Å². The van der Waals surface area contributed by atoms with E-state index in [9.17, 15) is 13.2 Å². The van der Waals surface area contributed by atoms with Crippen LogP contribution in [-0.4, -0.2) is 37.7 Å². The third-order valence-corrected chi connectivity index (χ3v) is 9.86. The van der Waals surface area contributed by atoms with Crippen molar-refractivity contribution in [3.63, 3.8) is 0 Å². The second-order valence-corrected chi connectivity index (χ2v) is 13.0. The molecule has 0 unspecified atom stereocenters. The maximum absolute atomic E-state index is 14.4. The van der Waals surface area contributed by atoms with E-state index in [0.29, 0.717) is 29.8 Å². The molecule has 52 heavy (non-hydrogen) atoms. The van der Waals surface area contributed by atoms with Gasteiger partial charge in [-0.3, -0.25) is 0 Å². The summed E-state index contributed by atoms with van der Waals surface area (Å²) in [5, 5.41) is 0.448. The van der Waals surface area contributed by atoms with Gasteiger partial charge in [-0.15, -0.1) is 0 Å². The summed E-state index contributed by atoms with van der Waals surface area (Å²) in [5.74, 6) is 0.645. The summed E-state index contributed by atoms with van der Waals surface area (Å²) in [7, 11) is 0. The van der Waals surface area contributed by atoms with Crippen LogP contribution in [-0.2, 0) is 18.3 Å². The Balaban J connectivity index is 1.29. The number of nitrogens with zero attached hydrogens (tertiary/aromatic N) is 6. The van der Waals surface area contributed by atoms with E-state index in [1.165, 1.54) is 25.4 Å². The molecule has 0 aliphatic carbocycles. The molecule has 7 aromatic rings. The average molecular weight is 718 g/mol. The third-order valence-electron chi connectivity index (χ3n) is 9.49. The number of ether oxygens (including phenoxy) is 1. The van der Waals surface area contributed by atoms with E-state index in [1.807, 2.05) is 67.1 Å². The summed E-state index contributed by atoms with van der Waals surface area (Å²) >= 11 is 6.95. The van der Waals surface area contributed by atoms with Crippen molar-refractivity contribution in [2.24, 2.45) is 0 Å². The number of pyridine rings is 1. The van der Waals surface area contributed by atoms with E-state index in [0.717, 1.165) is 22.4 Å². The Morgan fingerprint density at radius 2 is 1.48 bits per heavy atom. The fraction of sp³-hybridized carbons (Fsp3) is 0.150. The number of halogens is 4. The first-order valence-corrected chi connectivity index (χ1v) is 16.9. The predicted octanol–water partition coefficient (Wildman–Crippen LogP) is 8.69. The van der Waals surface area contributed by atoms with E-state index >= 15 is 0 Å². The largest absolute Gasteiger partial charge is 0.489 e. The van der Waals surface area contributed by atoms with Gasteiger partial charge in [0.2, 0.25) is 0 Å². The molecule has 0 radical (unpaired) electrons. The van der Waals surface area contributed by atoms with Gasteiger partial charge in [0.15, 0.2) is 5.75 Å². The Bertz CT molecular complexity index is 2310. The molecule has 4 heterocycles. The number of alkyl halides is 3. The quantitative estimate of drug-likeness (QED) is 0.165. The molecule has 12 heteroatoms. The van der Waals surface area contributed by atoms with Gasteiger partial charge in [-0.05, 0) is 41.3 Å². The van der Waals surface area contributed by atoms with Crippen molar-refractivity contribution >= 4 is 34.1 Å². The minimum Gasteiger partial charge on any atom is -0.489 e. The third kappa shape index (κ3) is 5.48. The van der Waals surface area contributed by atoms with Gasteiger partial charge in [0.1, 0.15) is 30.1 Å². The van der Waals surface area contributed by atoms with E-state index < -0.39 is 17.3 Å². The Labute approximate surface area is 302 Å². The van der Waals surface area contributed by atoms with Crippen LogP contribution in [0.3, 0.4) is 0 Å². The lowest BCUT2D eigenvalue weighted by molar-refractivity contribution is -0.137. The Morgan fingerprint density at radius 1 is 0.865 bits per heavy atom. The molecule has 1 aliphatic rings. The van der Waals surface area contributed by atoms with E-state index in [-0.39, 0.29) is 40.0 Å². The number of imidazole rings is 1. The number of aryl methyl sites for hydroxylation is 1. The lowest BCUT2D eigenvalue weighted by atomic mass is 9.76. The molecule has 4 aromatic carbocycles. The summed E-state index contributed by atoms with van der Waals surface area (Å²) < 4.78 is 51.6. The highest BCUT2D eigenvalue weighted by molar-refractivity contribution is 6.36. The van der Waals surface area contributed by atoms with Gasteiger partial charge in [0.05, 0.1) is 52.3 Å². The van der Waals surface area contributed by atoms with Crippen LogP contribution in [0.1, 0.15) is 33.5 Å². The lowest BCUT2D eigenvalue weighted by Gasteiger charge is -2.39. The standard InChI is InChI=1S/C40H31ClF3N7O/c1-25-19-32(45)49-36(34(25)40(42,43)44)30-20-31-33-37(35(30)41)52-18-17-50(38(33)48-23-47-31)22-29-21-46-24-51(29)39(26-11-5-2-6-12-26,27-13-7-3-8-14-27)28-15-9-4-10-16-28/h2-16,19-21,23-24H,17-18,22H2,1H3,(H2,45,49). The highest BCUT2D eigenvalue weighted by Gasteiger charge is 2.41. The molecule has 8 rings (SSSR count). The molecule has 0 saturated heterocycles. The van der Waals surface area contributed by atoms with Gasteiger partial charge < -0.3 is 19.9 Å². The zero-order valence-electron chi connectivity index (χ0n) is 27.8. The molecule has 0 fully saturated rings. The first-order valence-electron chi connectivity index (χ1n) is 16.6. The number of aromatic nitrogens is 5. The molecule has 0 amide bonds. The number of nitrogens with two attached hydrogens (primary N) is 1. The van der Waals surface area contributed by atoms with Crippen LogP contribution < -0.4 is 15.4 Å². The SMILES string of the molecule is Cc1cc(N)nc(-c2cc3ncnc4c3c(c2Cl)OCCN4Cc2cncn2C(c2ccccc2)(c2ccccc2)c2ccccc2)c1C(F)(F)F. The number of anilines is 2. The number of hydrogen-bond donors (Lipinski definition) is 1. The second kappa shape index (κ2) is 13.0. The van der Waals surface area contributed by atoms with Crippen molar-refractivity contribution in [1.29, 1.82) is 0 Å². The molecule has 3 aromatic heterocycles. The van der Waals surface area contributed by atoms with Crippen LogP contribution in [0.2, 0.25) is 5.02 Å². The van der Waals surface area contributed by atoms with Crippen molar-refractivity contribution in [1.82, 2.24) is 24.5 Å². The van der Waals surface area contributed by atoms with Crippen LogP contribution in [0.4, 0.5) is 24.8 Å². The van der Waals surface area contributed by atoms with E-state index in [4.69, 9.17) is 27.1 Å². The van der Waals surface area contributed by atoms with Crippen LogP contribution >= 0.6 is 11.6 Å². The van der Waals surface area contributed by atoms with Gasteiger partial charge in [0.25, 0.3) is 0 Å². The number of benzene rings is 4. The first-order chi connectivity index (χ1) is 25.2. The van der Waals surface area contributed by atoms with Crippen molar-refractivity contribution in [3.05, 3.63) is 161 Å². The summed E-state index contributed by atoms with van der Waals surface area (Å²) in [6.07, 6.45) is 0.372. The Kier molecular flexibility index (Phi) is 8.30. The number of nitrogen functional groups attached to an aromatic ring is 1. The second-order valence-electron chi connectivity index (χ2n) is 12.6. The summed E-state index contributed by atoms with van der Waals surface area (Å²) in [6.45, 7) is 2.25. The Hall–Kier alpha value is -5.94. The van der Waals surface area contributed by atoms with Crippen LogP contribution in [0.25, 0.3) is 22.2 Å². The van der Waals surface area contributed by atoms with Crippen molar-refractivity contribution in [2.45, 2.75) is 25.2 Å². The molecule has 260 valence electrons. The zero-order valence-corrected chi connectivity index (χ0v) is 28.6. The topological polar surface area (TPSA) is 95.0 Å². The Morgan fingerprint density at radius 3 is 2.08 bits per heavy atom. The maximum Gasteiger partial charge on any atom is 0.418 e. The van der Waals surface area contributed by atoms with Crippen molar-refractivity contribution in [3.8, 4) is 17.0 Å². The maximum atomic E-state index is 14.4. The monoisotopic (exact) mass is 717 g/mol. The molecule has 8 nitrogen and oxygen atoms in total. The van der Waals surface area contributed by atoms with Gasteiger partial charge in [0, 0.05) is 11.8 Å². The van der Waals surface area contributed by atoms with Gasteiger partial charge in [-0.2, -0.15) is 13.2 Å². The highest BCUT2D eigenvalue weighted by atomic mass is 35.5. The van der Waals surface area contributed by atoms with Crippen LogP contribution in [0.5, 0.6) is 5.75 Å². The minimum absolute atomic E-state index is 0.0152. The fourth-order valence-electron chi connectivity index (χ4n) is 7.36. The fourth-order valence-corrected chi connectivity index (χ4v) is 7.65. The number of rotatable bonds is 7. The first kappa shape index (κ1) is 33.2. The van der Waals surface area contributed by atoms with Crippen molar-refractivity contribution < 1.29 is 17.9 Å². The molecular weight excluding hydrogens is 687 g/mol. The minimum atomic E-state index is -4.71. The molecule has 1 aliphatic heterocycles. The van der Waals surface area contributed by atoms with Crippen LogP contribution in [0, 0.1) is 6.92 Å². The molecule has 0 atom stereocenters. The zero-order chi connectivity index (χ0) is 36.0. The number of hydrogen-bond acceptors (Lipinski definition) is 7. The van der Waals surface area contributed by atoms with Gasteiger partial charge in [-0.25, -0.2) is 19.9 Å². The smallest absolute Gasteiger partial charge is 0.418 e. The van der Waals surface area contributed by atoms with Crippen molar-refractivity contribution in [2.75, 3.05) is 23.8 Å². The summed E-state index contributed by atoms with van der Waals surface area (Å²) in [4.78, 5) is 20.0. The molecular formula is C40H31ClF3N7O. The van der Waals surface area contributed by atoms with Gasteiger partial charge in [-0.1, -0.05) is 103 Å². The van der Waals surface area contributed by atoms with Crippen LogP contribution in [0.15, 0.2) is 122 Å². The van der Waals surface area contributed by atoms with E-state index in [2.05, 4.69) is 60.8 Å².